The maximum atomic E-state index is 13.0. The van der Waals surface area contributed by atoms with Crippen LogP contribution in [-0.2, 0) is 16.4 Å². The predicted molar refractivity (Wildman–Crippen MR) is 120 cm³/mol. The average molecular weight is 421 g/mol. The van der Waals surface area contributed by atoms with Gasteiger partial charge in [0.2, 0.25) is 0 Å². The van der Waals surface area contributed by atoms with Gasteiger partial charge in [-0.15, -0.1) is 0 Å². The lowest BCUT2D eigenvalue weighted by Crippen LogP contribution is -2.35. The predicted octanol–water partition coefficient (Wildman–Crippen LogP) is 4.70. The number of anilines is 2. The first-order valence-corrected chi connectivity index (χ1v) is 11.4. The number of hydrogen-bond donors (Lipinski definition) is 1. The molecular formula is C24H24N2O3S. The molecule has 1 N–H and O–H groups in total. The summed E-state index contributed by atoms with van der Waals surface area (Å²) in [6.45, 7) is 5.77. The van der Waals surface area contributed by atoms with Crippen LogP contribution in [0.3, 0.4) is 0 Å². The molecule has 0 saturated heterocycles. The van der Waals surface area contributed by atoms with Gasteiger partial charge in [0.25, 0.3) is 15.9 Å². The van der Waals surface area contributed by atoms with Crippen LogP contribution in [0, 0.1) is 13.8 Å². The number of amides is 1. The smallest absolute Gasteiger partial charge is 0.261 e. The second kappa shape index (κ2) is 7.61. The average Bonchev–Trinajstić information content (AvgIpc) is 3.05. The molecule has 0 aliphatic carbocycles. The second-order valence-electron chi connectivity index (χ2n) is 7.81. The van der Waals surface area contributed by atoms with Crippen molar-refractivity contribution in [2.24, 2.45) is 0 Å². The van der Waals surface area contributed by atoms with Crippen molar-refractivity contribution < 1.29 is 13.2 Å². The van der Waals surface area contributed by atoms with Crippen molar-refractivity contribution in [3.63, 3.8) is 0 Å². The maximum absolute atomic E-state index is 13.0. The number of rotatable bonds is 4. The Bertz CT molecular complexity index is 1220. The molecular weight excluding hydrogens is 396 g/mol. The van der Waals surface area contributed by atoms with Gasteiger partial charge in [-0.2, -0.15) is 0 Å². The molecule has 1 amide bonds. The second-order valence-corrected chi connectivity index (χ2v) is 9.49. The topological polar surface area (TPSA) is 66.5 Å². The molecule has 0 aromatic heterocycles. The Kier molecular flexibility index (Phi) is 5.12. The fraction of sp³-hybridized carbons (Fsp3) is 0.208. The molecule has 0 fully saturated rings. The third-order valence-corrected chi connectivity index (χ3v) is 6.82. The summed E-state index contributed by atoms with van der Waals surface area (Å²) in [5.41, 5.74) is 4.66. The van der Waals surface area contributed by atoms with Gasteiger partial charge in [0.1, 0.15) is 0 Å². The van der Waals surface area contributed by atoms with E-state index < -0.39 is 10.0 Å². The van der Waals surface area contributed by atoms with E-state index in [1.54, 1.807) is 35.2 Å². The van der Waals surface area contributed by atoms with Gasteiger partial charge in [-0.1, -0.05) is 30.3 Å². The molecule has 1 heterocycles. The first-order chi connectivity index (χ1) is 14.3. The maximum Gasteiger partial charge on any atom is 0.261 e. The van der Waals surface area contributed by atoms with Crippen molar-refractivity contribution >= 4 is 27.3 Å². The van der Waals surface area contributed by atoms with E-state index >= 15 is 0 Å². The quantitative estimate of drug-likeness (QED) is 0.666. The highest BCUT2D eigenvalue weighted by atomic mass is 32.2. The van der Waals surface area contributed by atoms with Crippen molar-refractivity contribution in [3.8, 4) is 0 Å². The highest BCUT2D eigenvalue weighted by Gasteiger charge is 2.32. The third-order valence-electron chi connectivity index (χ3n) is 5.45. The van der Waals surface area contributed by atoms with Gasteiger partial charge in [0.05, 0.1) is 10.6 Å². The number of nitrogens with one attached hydrogen (secondary N) is 1. The number of nitrogens with zero attached hydrogens (tertiary/aromatic N) is 1. The summed E-state index contributed by atoms with van der Waals surface area (Å²) in [5.74, 6) is -0.0778. The highest BCUT2D eigenvalue weighted by molar-refractivity contribution is 7.92. The van der Waals surface area contributed by atoms with E-state index in [0.29, 0.717) is 17.7 Å². The van der Waals surface area contributed by atoms with Crippen molar-refractivity contribution in [1.82, 2.24) is 0 Å². The molecule has 30 heavy (non-hydrogen) atoms. The molecule has 0 bridgehead atoms. The largest absolute Gasteiger partial charge is 0.305 e. The molecule has 0 saturated carbocycles. The Labute approximate surface area is 177 Å². The number of sulfonamides is 1. The van der Waals surface area contributed by atoms with E-state index in [2.05, 4.69) is 4.72 Å². The Morgan fingerprint density at radius 3 is 2.47 bits per heavy atom. The number of aryl methyl sites for hydroxylation is 2. The standard InChI is InChI=1S/C24H24N2O3S/c1-16-9-10-17(2)22(13-16)25-30(28,29)21-11-12-23-20(15-21)14-18(3)26(23)24(27)19-7-5-4-6-8-19/h4-13,15,18,25H,14H2,1-3H3/t18-/m0/s1. The molecule has 1 atom stereocenters. The summed E-state index contributed by atoms with van der Waals surface area (Å²) in [6.07, 6.45) is 0.612. The summed E-state index contributed by atoms with van der Waals surface area (Å²) in [5, 5.41) is 0. The van der Waals surface area contributed by atoms with Crippen molar-refractivity contribution in [1.29, 1.82) is 0 Å². The number of carbonyl (C=O) groups is 1. The summed E-state index contributed by atoms with van der Waals surface area (Å²) < 4.78 is 28.7. The van der Waals surface area contributed by atoms with Crippen LogP contribution in [0.2, 0.25) is 0 Å². The van der Waals surface area contributed by atoms with Crippen LogP contribution in [0.25, 0.3) is 0 Å². The molecule has 1 aliphatic rings. The van der Waals surface area contributed by atoms with Crippen LogP contribution in [0.5, 0.6) is 0 Å². The molecule has 0 unspecified atom stereocenters. The van der Waals surface area contributed by atoms with E-state index in [4.69, 9.17) is 0 Å². The zero-order chi connectivity index (χ0) is 21.5. The summed E-state index contributed by atoms with van der Waals surface area (Å²) >= 11 is 0. The third kappa shape index (κ3) is 3.71. The van der Waals surface area contributed by atoms with Crippen LogP contribution < -0.4 is 9.62 Å². The molecule has 154 valence electrons. The molecule has 0 spiro atoms. The molecule has 3 aromatic rings. The number of fused-ring (bicyclic) bond motifs is 1. The van der Waals surface area contributed by atoms with Gasteiger partial charge in [0.15, 0.2) is 0 Å². The van der Waals surface area contributed by atoms with Gasteiger partial charge in [-0.3, -0.25) is 9.52 Å². The summed E-state index contributed by atoms with van der Waals surface area (Å²) in [4.78, 5) is 15.0. The molecule has 4 rings (SSSR count). The number of hydrogen-bond acceptors (Lipinski definition) is 3. The lowest BCUT2D eigenvalue weighted by molar-refractivity contribution is 0.0981. The first-order valence-electron chi connectivity index (χ1n) is 9.88. The molecule has 0 radical (unpaired) electrons. The van der Waals surface area contributed by atoms with E-state index in [9.17, 15) is 13.2 Å². The zero-order valence-electron chi connectivity index (χ0n) is 17.2. The van der Waals surface area contributed by atoms with Crippen LogP contribution in [-0.4, -0.2) is 20.4 Å². The van der Waals surface area contributed by atoms with Crippen molar-refractivity contribution in [3.05, 3.63) is 89.0 Å². The van der Waals surface area contributed by atoms with E-state index in [1.807, 2.05) is 57.2 Å². The molecule has 3 aromatic carbocycles. The van der Waals surface area contributed by atoms with Gasteiger partial charge in [-0.25, -0.2) is 8.42 Å². The highest BCUT2D eigenvalue weighted by Crippen LogP contribution is 2.35. The minimum Gasteiger partial charge on any atom is -0.305 e. The Hall–Kier alpha value is -3.12. The fourth-order valence-corrected chi connectivity index (χ4v) is 5.03. The van der Waals surface area contributed by atoms with E-state index in [-0.39, 0.29) is 16.8 Å². The fourth-order valence-electron chi connectivity index (χ4n) is 3.85. The van der Waals surface area contributed by atoms with Gasteiger partial charge >= 0.3 is 0 Å². The summed E-state index contributed by atoms with van der Waals surface area (Å²) in [7, 11) is -3.73. The number of benzene rings is 3. The zero-order valence-corrected chi connectivity index (χ0v) is 18.0. The van der Waals surface area contributed by atoms with Crippen LogP contribution in [0.1, 0.15) is 34.0 Å². The first kappa shape index (κ1) is 20.2. The lowest BCUT2D eigenvalue weighted by atomic mass is 10.1. The molecule has 5 nitrogen and oxygen atoms in total. The van der Waals surface area contributed by atoms with Crippen LogP contribution in [0.4, 0.5) is 11.4 Å². The van der Waals surface area contributed by atoms with Crippen LogP contribution >= 0.6 is 0 Å². The van der Waals surface area contributed by atoms with E-state index in [1.165, 1.54) is 0 Å². The summed E-state index contributed by atoms with van der Waals surface area (Å²) in [6, 6.07) is 19.7. The van der Waals surface area contributed by atoms with Gasteiger partial charge in [0, 0.05) is 17.3 Å². The minimum absolute atomic E-state index is 0.0439. The SMILES string of the molecule is Cc1ccc(C)c(NS(=O)(=O)c2ccc3c(c2)C[C@H](C)N3C(=O)c2ccccc2)c1. The van der Waals surface area contributed by atoms with Gasteiger partial charge < -0.3 is 4.90 Å². The van der Waals surface area contributed by atoms with E-state index in [0.717, 1.165) is 22.4 Å². The Balaban J connectivity index is 1.65. The Morgan fingerprint density at radius 2 is 1.73 bits per heavy atom. The monoisotopic (exact) mass is 420 g/mol. The normalized spacial score (nSPS) is 15.7. The van der Waals surface area contributed by atoms with Crippen molar-refractivity contribution in [2.45, 2.75) is 38.1 Å². The molecule has 6 heteroatoms. The number of carbonyl (C=O) groups excluding carboxylic acids is 1. The minimum atomic E-state index is -3.73. The Morgan fingerprint density at radius 1 is 1.00 bits per heavy atom. The van der Waals surface area contributed by atoms with Crippen molar-refractivity contribution in [2.75, 3.05) is 9.62 Å². The molecule has 1 aliphatic heterocycles. The van der Waals surface area contributed by atoms with Gasteiger partial charge in [-0.05, 0) is 80.3 Å². The lowest BCUT2D eigenvalue weighted by Gasteiger charge is -2.23. The van der Waals surface area contributed by atoms with Crippen LogP contribution in [0.15, 0.2) is 71.6 Å².